The minimum absolute atomic E-state index is 0.130. The largest absolute Gasteiger partial charge is 0.355 e. The number of benzene rings is 1. The maximum absolute atomic E-state index is 12.9. The van der Waals surface area contributed by atoms with Crippen molar-refractivity contribution < 1.29 is 13.6 Å². The number of carbonyl (C=O) groups excluding carboxylic acids is 1. The Kier molecular flexibility index (Phi) is 5.03. The summed E-state index contributed by atoms with van der Waals surface area (Å²) in [5.41, 5.74) is 5.98. The molecule has 1 unspecified atom stereocenters. The van der Waals surface area contributed by atoms with E-state index < -0.39 is 11.6 Å². The summed E-state index contributed by atoms with van der Waals surface area (Å²) >= 11 is 0. The van der Waals surface area contributed by atoms with E-state index in [2.05, 4.69) is 5.32 Å². The molecule has 17 heavy (non-hydrogen) atoms. The molecule has 0 saturated heterocycles. The molecule has 3 nitrogen and oxygen atoms in total. The van der Waals surface area contributed by atoms with E-state index >= 15 is 0 Å². The molecule has 0 aliphatic rings. The van der Waals surface area contributed by atoms with Gasteiger partial charge in [0.25, 0.3) is 0 Å². The van der Waals surface area contributed by atoms with Crippen molar-refractivity contribution in [1.29, 1.82) is 0 Å². The Morgan fingerprint density at radius 2 is 2.12 bits per heavy atom. The molecule has 0 fully saturated rings. The van der Waals surface area contributed by atoms with Crippen LogP contribution in [0.1, 0.15) is 12.5 Å². The number of carbonyl (C=O) groups is 1. The molecule has 1 aromatic rings. The summed E-state index contributed by atoms with van der Waals surface area (Å²) in [4.78, 5) is 11.4. The third kappa shape index (κ3) is 4.11. The van der Waals surface area contributed by atoms with E-state index in [1.165, 1.54) is 6.07 Å². The van der Waals surface area contributed by atoms with Gasteiger partial charge in [0.1, 0.15) is 0 Å². The van der Waals surface area contributed by atoms with Gasteiger partial charge in [-0.2, -0.15) is 0 Å². The number of rotatable bonds is 5. The van der Waals surface area contributed by atoms with E-state index in [-0.39, 0.29) is 18.4 Å². The predicted octanol–water partition coefficient (Wildman–Crippen LogP) is 1.22. The smallest absolute Gasteiger partial charge is 0.224 e. The standard InChI is InChI=1S/C12H16F2N2O/c1-8(7-15)12(17)16-5-4-9-2-3-10(13)11(14)6-9/h2-3,6,8H,4-5,7,15H2,1H3,(H,16,17). The Labute approximate surface area is 99.0 Å². The zero-order chi connectivity index (χ0) is 12.8. The van der Waals surface area contributed by atoms with Gasteiger partial charge < -0.3 is 11.1 Å². The maximum Gasteiger partial charge on any atom is 0.224 e. The van der Waals surface area contributed by atoms with E-state index in [1.54, 1.807) is 6.92 Å². The minimum Gasteiger partial charge on any atom is -0.355 e. The topological polar surface area (TPSA) is 55.1 Å². The van der Waals surface area contributed by atoms with Crippen molar-refractivity contribution in [3.8, 4) is 0 Å². The Balaban J connectivity index is 2.41. The molecule has 0 spiro atoms. The number of halogens is 2. The fraction of sp³-hybridized carbons (Fsp3) is 0.417. The van der Waals surface area contributed by atoms with Crippen LogP contribution in [0.3, 0.4) is 0 Å². The fourth-order valence-corrected chi connectivity index (χ4v) is 1.31. The Hall–Kier alpha value is -1.49. The van der Waals surface area contributed by atoms with Crippen molar-refractivity contribution in [2.45, 2.75) is 13.3 Å². The molecule has 1 amide bonds. The Morgan fingerprint density at radius 3 is 2.71 bits per heavy atom. The first-order valence-corrected chi connectivity index (χ1v) is 5.46. The summed E-state index contributed by atoms with van der Waals surface area (Å²) in [6.07, 6.45) is 0.459. The van der Waals surface area contributed by atoms with Gasteiger partial charge in [-0.15, -0.1) is 0 Å². The van der Waals surface area contributed by atoms with Crippen molar-refractivity contribution in [2.75, 3.05) is 13.1 Å². The monoisotopic (exact) mass is 242 g/mol. The average molecular weight is 242 g/mol. The van der Waals surface area contributed by atoms with Gasteiger partial charge in [-0.25, -0.2) is 8.78 Å². The summed E-state index contributed by atoms with van der Waals surface area (Å²) in [5.74, 6) is -2.10. The zero-order valence-electron chi connectivity index (χ0n) is 9.67. The zero-order valence-corrected chi connectivity index (χ0v) is 9.67. The van der Waals surface area contributed by atoms with Crippen LogP contribution in [0, 0.1) is 17.6 Å². The highest BCUT2D eigenvalue weighted by Gasteiger charge is 2.09. The van der Waals surface area contributed by atoms with E-state index in [0.29, 0.717) is 18.5 Å². The first-order chi connectivity index (χ1) is 8.04. The van der Waals surface area contributed by atoms with Gasteiger partial charge in [0.15, 0.2) is 11.6 Å². The van der Waals surface area contributed by atoms with Crippen LogP contribution in [0.25, 0.3) is 0 Å². The number of nitrogens with one attached hydrogen (secondary N) is 1. The van der Waals surface area contributed by atoms with Gasteiger partial charge in [-0.3, -0.25) is 4.79 Å². The van der Waals surface area contributed by atoms with Crippen molar-refractivity contribution >= 4 is 5.91 Å². The van der Waals surface area contributed by atoms with E-state index in [9.17, 15) is 13.6 Å². The lowest BCUT2D eigenvalue weighted by Crippen LogP contribution is -2.34. The lowest BCUT2D eigenvalue weighted by Gasteiger charge is -2.09. The van der Waals surface area contributed by atoms with Gasteiger partial charge in [0, 0.05) is 19.0 Å². The van der Waals surface area contributed by atoms with Crippen molar-refractivity contribution in [2.24, 2.45) is 11.7 Å². The summed E-state index contributed by atoms with van der Waals surface area (Å²) in [7, 11) is 0. The number of amides is 1. The molecule has 0 heterocycles. The van der Waals surface area contributed by atoms with Crippen LogP contribution < -0.4 is 11.1 Å². The van der Waals surface area contributed by atoms with Crippen LogP contribution in [-0.2, 0) is 11.2 Å². The Morgan fingerprint density at radius 1 is 1.41 bits per heavy atom. The first kappa shape index (κ1) is 13.6. The van der Waals surface area contributed by atoms with Gasteiger partial charge in [-0.05, 0) is 24.1 Å². The molecule has 1 rings (SSSR count). The van der Waals surface area contributed by atoms with Crippen LogP contribution in [-0.4, -0.2) is 19.0 Å². The van der Waals surface area contributed by atoms with Crippen molar-refractivity contribution in [3.63, 3.8) is 0 Å². The number of hydrogen-bond acceptors (Lipinski definition) is 2. The van der Waals surface area contributed by atoms with Crippen LogP contribution in [0.15, 0.2) is 18.2 Å². The van der Waals surface area contributed by atoms with E-state index in [1.807, 2.05) is 0 Å². The molecule has 0 aliphatic heterocycles. The van der Waals surface area contributed by atoms with Crippen molar-refractivity contribution in [3.05, 3.63) is 35.4 Å². The van der Waals surface area contributed by atoms with Crippen molar-refractivity contribution in [1.82, 2.24) is 5.32 Å². The van der Waals surface area contributed by atoms with Gasteiger partial charge >= 0.3 is 0 Å². The normalized spacial score (nSPS) is 12.2. The second-order valence-corrected chi connectivity index (χ2v) is 3.93. The lowest BCUT2D eigenvalue weighted by molar-refractivity contribution is -0.124. The number of hydrogen-bond donors (Lipinski definition) is 2. The number of nitrogens with two attached hydrogens (primary N) is 1. The van der Waals surface area contributed by atoms with E-state index in [0.717, 1.165) is 12.1 Å². The molecule has 0 radical (unpaired) electrons. The predicted molar refractivity (Wildman–Crippen MR) is 61.3 cm³/mol. The first-order valence-electron chi connectivity index (χ1n) is 5.46. The SMILES string of the molecule is CC(CN)C(=O)NCCc1ccc(F)c(F)c1. The summed E-state index contributed by atoms with van der Waals surface area (Å²) < 4.78 is 25.5. The second-order valence-electron chi connectivity index (χ2n) is 3.93. The lowest BCUT2D eigenvalue weighted by atomic mass is 10.1. The Bertz CT molecular complexity index is 396. The van der Waals surface area contributed by atoms with Crippen LogP contribution in [0.5, 0.6) is 0 Å². The summed E-state index contributed by atoms with van der Waals surface area (Å²) in [6.45, 7) is 2.40. The quantitative estimate of drug-likeness (QED) is 0.815. The molecule has 3 N–H and O–H groups in total. The second kappa shape index (κ2) is 6.30. The average Bonchev–Trinajstić information content (AvgIpc) is 2.32. The highest BCUT2D eigenvalue weighted by atomic mass is 19.2. The summed E-state index contributed by atoms with van der Waals surface area (Å²) in [5, 5.41) is 2.68. The maximum atomic E-state index is 12.9. The molecule has 0 saturated carbocycles. The molecule has 1 atom stereocenters. The molecule has 0 aliphatic carbocycles. The van der Waals surface area contributed by atoms with Gasteiger partial charge in [0.2, 0.25) is 5.91 Å². The molecule has 5 heteroatoms. The summed E-state index contributed by atoms with van der Waals surface area (Å²) in [6, 6.07) is 3.71. The highest BCUT2D eigenvalue weighted by Crippen LogP contribution is 2.08. The van der Waals surface area contributed by atoms with Gasteiger partial charge in [-0.1, -0.05) is 13.0 Å². The van der Waals surface area contributed by atoms with Crippen LogP contribution in [0.4, 0.5) is 8.78 Å². The minimum atomic E-state index is -0.871. The van der Waals surface area contributed by atoms with E-state index in [4.69, 9.17) is 5.73 Å². The van der Waals surface area contributed by atoms with Crippen LogP contribution >= 0.6 is 0 Å². The molecular weight excluding hydrogens is 226 g/mol. The molecule has 1 aromatic carbocycles. The molecular formula is C12H16F2N2O. The van der Waals surface area contributed by atoms with Gasteiger partial charge in [0.05, 0.1) is 0 Å². The molecule has 94 valence electrons. The fourth-order valence-electron chi connectivity index (χ4n) is 1.31. The molecule has 0 bridgehead atoms. The third-order valence-corrected chi connectivity index (χ3v) is 2.50. The third-order valence-electron chi connectivity index (χ3n) is 2.50. The van der Waals surface area contributed by atoms with Crippen LogP contribution in [0.2, 0.25) is 0 Å². The highest BCUT2D eigenvalue weighted by molar-refractivity contribution is 5.78. The molecule has 0 aromatic heterocycles.